The van der Waals surface area contributed by atoms with Gasteiger partial charge in [-0.3, -0.25) is 5.32 Å². The van der Waals surface area contributed by atoms with E-state index in [-0.39, 0.29) is 11.4 Å². The van der Waals surface area contributed by atoms with Gasteiger partial charge in [0.1, 0.15) is 11.5 Å². The van der Waals surface area contributed by atoms with Crippen molar-refractivity contribution in [3.63, 3.8) is 0 Å². The number of ether oxygens (including phenoxy) is 1. The van der Waals surface area contributed by atoms with Crippen molar-refractivity contribution in [2.75, 3.05) is 6.54 Å². The molecule has 1 unspecified atom stereocenters. The molecular weight excluding hydrogens is 205 g/mol. The lowest BCUT2D eigenvalue weighted by molar-refractivity contribution is -0.0789. The summed E-state index contributed by atoms with van der Waals surface area (Å²) in [7, 11) is 0. The Balaban J connectivity index is 2.14. The Kier molecular flexibility index (Phi) is 2.76. The number of nitrogens with one attached hydrogen (secondary N) is 1. The average molecular weight is 223 g/mol. The van der Waals surface area contributed by atoms with Crippen LogP contribution < -0.4 is 5.32 Å². The second-order valence-electron chi connectivity index (χ2n) is 5.21. The molecule has 0 aliphatic carbocycles. The highest BCUT2D eigenvalue weighted by Gasteiger charge is 2.40. The van der Waals surface area contributed by atoms with Gasteiger partial charge in [-0.15, -0.1) is 0 Å². The molecule has 1 aromatic carbocycles. The van der Waals surface area contributed by atoms with Crippen LogP contribution in [0.15, 0.2) is 24.3 Å². The molecule has 0 bridgehead atoms. The molecule has 1 saturated heterocycles. The minimum Gasteiger partial charge on any atom is -0.353 e. The molecule has 0 spiro atoms. The molecule has 88 valence electrons. The summed E-state index contributed by atoms with van der Waals surface area (Å²) >= 11 is 0. The van der Waals surface area contributed by atoms with E-state index in [4.69, 9.17) is 4.74 Å². The number of hydrogen-bond donors (Lipinski definition) is 1. The van der Waals surface area contributed by atoms with Gasteiger partial charge in [0.15, 0.2) is 0 Å². The second-order valence-corrected chi connectivity index (χ2v) is 5.21. The zero-order valence-electron chi connectivity index (χ0n) is 10.0. The SMILES string of the molecule is CC1(C)CNC(C)(Cc2ccccc2F)O1. The highest BCUT2D eigenvalue weighted by Crippen LogP contribution is 2.28. The van der Waals surface area contributed by atoms with Crippen LogP contribution in [0, 0.1) is 5.82 Å². The monoisotopic (exact) mass is 223 g/mol. The van der Waals surface area contributed by atoms with Gasteiger partial charge in [-0.2, -0.15) is 0 Å². The van der Waals surface area contributed by atoms with Crippen molar-refractivity contribution in [2.24, 2.45) is 0 Å². The Labute approximate surface area is 95.8 Å². The zero-order chi connectivity index (χ0) is 11.8. The van der Waals surface area contributed by atoms with Gasteiger partial charge in [-0.1, -0.05) is 18.2 Å². The van der Waals surface area contributed by atoms with Crippen molar-refractivity contribution in [1.29, 1.82) is 0 Å². The molecule has 1 fully saturated rings. The molecule has 0 saturated carbocycles. The van der Waals surface area contributed by atoms with Gasteiger partial charge in [0.25, 0.3) is 0 Å². The van der Waals surface area contributed by atoms with Gasteiger partial charge in [0, 0.05) is 13.0 Å². The average Bonchev–Trinajstić information content (AvgIpc) is 2.45. The van der Waals surface area contributed by atoms with Gasteiger partial charge < -0.3 is 4.74 Å². The molecule has 0 radical (unpaired) electrons. The number of rotatable bonds is 2. The molecule has 2 nitrogen and oxygen atoms in total. The first-order valence-corrected chi connectivity index (χ1v) is 5.59. The van der Waals surface area contributed by atoms with Crippen molar-refractivity contribution in [3.8, 4) is 0 Å². The normalized spacial score (nSPS) is 28.2. The Hall–Kier alpha value is -0.930. The predicted molar refractivity (Wildman–Crippen MR) is 61.7 cm³/mol. The second kappa shape index (κ2) is 3.82. The van der Waals surface area contributed by atoms with Crippen molar-refractivity contribution < 1.29 is 9.13 Å². The largest absolute Gasteiger partial charge is 0.353 e. The molecule has 0 aromatic heterocycles. The van der Waals surface area contributed by atoms with Crippen molar-refractivity contribution in [1.82, 2.24) is 5.32 Å². The van der Waals surface area contributed by atoms with Gasteiger partial charge in [0.2, 0.25) is 0 Å². The van der Waals surface area contributed by atoms with E-state index in [0.29, 0.717) is 12.0 Å². The fourth-order valence-corrected chi connectivity index (χ4v) is 2.19. The number of halogens is 1. The molecule has 1 aromatic rings. The third-order valence-electron chi connectivity index (χ3n) is 2.88. The fourth-order valence-electron chi connectivity index (χ4n) is 2.19. The summed E-state index contributed by atoms with van der Waals surface area (Å²) in [5.74, 6) is -0.168. The van der Waals surface area contributed by atoms with E-state index in [1.807, 2.05) is 26.8 Å². The molecule has 16 heavy (non-hydrogen) atoms. The van der Waals surface area contributed by atoms with E-state index in [0.717, 1.165) is 6.54 Å². The molecule has 1 heterocycles. The summed E-state index contributed by atoms with van der Waals surface area (Å²) < 4.78 is 19.4. The number of benzene rings is 1. The van der Waals surface area contributed by atoms with Crippen LogP contribution in [-0.4, -0.2) is 17.9 Å². The van der Waals surface area contributed by atoms with Gasteiger partial charge in [-0.05, 0) is 32.4 Å². The van der Waals surface area contributed by atoms with Crippen LogP contribution in [0.25, 0.3) is 0 Å². The topological polar surface area (TPSA) is 21.3 Å². The maximum absolute atomic E-state index is 13.5. The maximum Gasteiger partial charge on any atom is 0.126 e. The van der Waals surface area contributed by atoms with Crippen molar-refractivity contribution >= 4 is 0 Å². The van der Waals surface area contributed by atoms with Crippen LogP contribution >= 0.6 is 0 Å². The molecule has 0 amide bonds. The smallest absolute Gasteiger partial charge is 0.126 e. The standard InChI is InChI=1S/C13H18FNO/c1-12(2)9-15-13(3,16-12)8-10-6-4-5-7-11(10)14/h4-7,15H,8-9H2,1-3H3. The number of hydrogen-bond acceptors (Lipinski definition) is 2. The van der Waals surface area contributed by atoms with E-state index in [2.05, 4.69) is 5.32 Å². The quantitative estimate of drug-likeness (QED) is 0.831. The molecule has 1 atom stereocenters. The molecule has 2 rings (SSSR count). The molecule has 1 aliphatic rings. The zero-order valence-corrected chi connectivity index (χ0v) is 10.0. The van der Waals surface area contributed by atoms with Crippen molar-refractivity contribution in [2.45, 2.75) is 38.5 Å². The van der Waals surface area contributed by atoms with Gasteiger partial charge >= 0.3 is 0 Å². The lowest BCUT2D eigenvalue weighted by Gasteiger charge is -2.27. The van der Waals surface area contributed by atoms with E-state index in [9.17, 15) is 4.39 Å². The van der Waals surface area contributed by atoms with Crippen LogP contribution in [-0.2, 0) is 11.2 Å². The Morgan fingerprint density at radius 2 is 2.00 bits per heavy atom. The Morgan fingerprint density at radius 1 is 1.31 bits per heavy atom. The van der Waals surface area contributed by atoms with Crippen LogP contribution in [0.3, 0.4) is 0 Å². The van der Waals surface area contributed by atoms with E-state index in [1.165, 1.54) is 6.07 Å². The minimum absolute atomic E-state index is 0.168. The lowest BCUT2D eigenvalue weighted by Crippen LogP contribution is -2.40. The van der Waals surface area contributed by atoms with Crippen LogP contribution in [0.1, 0.15) is 26.3 Å². The highest BCUT2D eigenvalue weighted by molar-refractivity contribution is 5.19. The van der Waals surface area contributed by atoms with E-state index < -0.39 is 5.72 Å². The Bertz CT molecular complexity index is 391. The summed E-state index contributed by atoms with van der Waals surface area (Å²) in [6.45, 7) is 6.82. The summed E-state index contributed by atoms with van der Waals surface area (Å²) in [6.07, 6.45) is 0.545. The summed E-state index contributed by atoms with van der Waals surface area (Å²) in [4.78, 5) is 0. The molecule has 3 heteroatoms. The third kappa shape index (κ3) is 2.42. The first kappa shape index (κ1) is 11.6. The van der Waals surface area contributed by atoms with Gasteiger partial charge in [-0.25, -0.2) is 4.39 Å². The molecular formula is C13H18FNO. The van der Waals surface area contributed by atoms with Crippen LogP contribution in [0.2, 0.25) is 0 Å². The fraction of sp³-hybridized carbons (Fsp3) is 0.538. The lowest BCUT2D eigenvalue weighted by atomic mass is 10.0. The van der Waals surface area contributed by atoms with Gasteiger partial charge in [0.05, 0.1) is 5.60 Å². The summed E-state index contributed by atoms with van der Waals surface area (Å²) in [5, 5.41) is 3.31. The van der Waals surface area contributed by atoms with E-state index >= 15 is 0 Å². The maximum atomic E-state index is 13.5. The molecule has 1 N–H and O–H groups in total. The Morgan fingerprint density at radius 3 is 2.56 bits per heavy atom. The van der Waals surface area contributed by atoms with Crippen LogP contribution in [0.5, 0.6) is 0 Å². The molecule has 1 aliphatic heterocycles. The highest BCUT2D eigenvalue weighted by atomic mass is 19.1. The summed E-state index contributed by atoms with van der Waals surface area (Å²) in [6, 6.07) is 6.84. The first-order valence-electron chi connectivity index (χ1n) is 5.59. The van der Waals surface area contributed by atoms with Crippen molar-refractivity contribution in [3.05, 3.63) is 35.6 Å². The van der Waals surface area contributed by atoms with E-state index in [1.54, 1.807) is 12.1 Å². The summed E-state index contributed by atoms with van der Waals surface area (Å²) in [5.41, 5.74) is 0.0429. The first-order chi connectivity index (χ1) is 7.40. The predicted octanol–water partition coefficient (Wildman–Crippen LogP) is 2.48. The minimum atomic E-state index is -0.467. The third-order valence-corrected chi connectivity index (χ3v) is 2.88. The van der Waals surface area contributed by atoms with Crippen LogP contribution in [0.4, 0.5) is 4.39 Å².